The Morgan fingerprint density at radius 3 is 2.53 bits per heavy atom. The van der Waals surface area contributed by atoms with E-state index in [1.807, 2.05) is 20.8 Å². The van der Waals surface area contributed by atoms with Crippen molar-refractivity contribution in [2.24, 2.45) is 23.7 Å². The predicted molar refractivity (Wildman–Crippen MR) is 127 cm³/mol. The van der Waals surface area contributed by atoms with E-state index < -0.39 is 6.10 Å². The summed E-state index contributed by atoms with van der Waals surface area (Å²) in [6, 6.07) is 0.980. The molecule has 0 aromatic carbocycles. The molecule has 5 aliphatic rings. The molecule has 11 atom stereocenters. The first-order valence-corrected chi connectivity index (χ1v) is 13.4. The monoisotopic (exact) mass is 477 g/mol. The lowest BCUT2D eigenvalue weighted by Gasteiger charge is -2.55. The van der Waals surface area contributed by atoms with Gasteiger partial charge < -0.3 is 29.7 Å². The Hall–Kier alpha value is -1.22. The van der Waals surface area contributed by atoms with Crippen molar-refractivity contribution in [1.29, 1.82) is 0 Å². The van der Waals surface area contributed by atoms with Gasteiger partial charge in [-0.1, -0.05) is 0 Å². The number of hydrogen-bond acceptors (Lipinski definition) is 6. The number of carbonyl (C=O) groups is 2. The van der Waals surface area contributed by atoms with Crippen LogP contribution < -0.4 is 10.6 Å². The van der Waals surface area contributed by atoms with Crippen LogP contribution in [0.4, 0.5) is 0 Å². The number of nitrogens with zero attached hydrogens (tertiary/aromatic N) is 1. The molecule has 2 saturated carbocycles. The zero-order valence-electron chi connectivity index (χ0n) is 21.4. The number of hydrogen-bond donors (Lipinski definition) is 2. The summed E-state index contributed by atoms with van der Waals surface area (Å²) in [4.78, 5) is 28.8. The number of nitrogens with one attached hydrogen (secondary N) is 2. The maximum absolute atomic E-state index is 14.1. The van der Waals surface area contributed by atoms with Gasteiger partial charge in [-0.05, 0) is 83.6 Å². The summed E-state index contributed by atoms with van der Waals surface area (Å²) in [7, 11) is 3.46. The van der Waals surface area contributed by atoms with Gasteiger partial charge >= 0.3 is 0 Å². The molecule has 5 rings (SSSR count). The van der Waals surface area contributed by atoms with E-state index in [4.69, 9.17) is 14.2 Å². The number of methoxy groups -OCH3 is 2. The Bertz CT molecular complexity index is 778. The van der Waals surface area contributed by atoms with E-state index in [1.165, 1.54) is 0 Å². The van der Waals surface area contributed by atoms with Crippen LogP contribution in [0.1, 0.15) is 59.3 Å². The summed E-state index contributed by atoms with van der Waals surface area (Å²) >= 11 is 0. The second-order valence-corrected chi connectivity index (χ2v) is 11.5. The van der Waals surface area contributed by atoms with Crippen molar-refractivity contribution in [1.82, 2.24) is 15.5 Å². The molecule has 0 radical (unpaired) electrons. The molecular weight excluding hydrogens is 434 g/mol. The van der Waals surface area contributed by atoms with Gasteiger partial charge in [0.15, 0.2) is 0 Å². The Morgan fingerprint density at radius 2 is 1.82 bits per heavy atom. The van der Waals surface area contributed by atoms with Gasteiger partial charge in [-0.15, -0.1) is 0 Å². The minimum absolute atomic E-state index is 0.0212. The topological polar surface area (TPSA) is 89.1 Å². The van der Waals surface area contributed by atoms with E-state index in [1.54, 1.807) is 14.2 Å². The minimum atomic E-state index is -0.452. The molecule has 8 heteroatoms. The smallest absolute Gasteiger partial charge is 0.249 e. The first-order valence-electron chi connectivity index (χ1n) is 13.4. The molecule has 3 aliphatic heterocycles. The number of rotatable bonds is 6. The molecule has 0 aromatic rings. The van der Waals surface area contributed by atoms with Crippen LogP contribution in [0.15, 0.2) is 0 Å². The summed E-state index contributed by atoms with van der Waals surface area (Å²) in [5.41, 5.74) is 0. The van der Waals surface area contributed by atoms with E-state index in [2.05, 4.69) is 15.5 Å². The quantitative estimate of drug-likeness (QED) is 0.606. The van der Waals surface area contributed by atoms with Gasteiger partial charge in [0.2, 0.25) is 11.8 Å². The van der Waals surface area contributed by atoms with Crippen molar-refractivity contribution in [3.8, 4) is 0 Å². The number of fused-ring (bicyclic) bond motifs is 5. The van der Waals surface area contributed by atoms with Gasteiger partial charge in [0, 0.05) is 32.3 Å². The highest BCUT2D eigenvalue weighted by atomic mass is 16.5. The summed E-state index contributed by atoms with van der Waals surface area (Å²) in [5, 5.41) is 6.79. The molecule has 34 heavy (non-hydrogen) atoms. The first-order chi connectivity index (χ1) is 16.3. The average Bonchev–Trinajstić information content (AvgIpc) is 3.15. The van der Waals surface area contributed by atoms with Crippen molar-refractivity contribution in [3.63, 3.8) is 0 Å². The minimum Gasteiger partial charge on any atom is -0.379 e. The van der Waals surface area contributed by atoms with Gasteiger partial charge in [-0.2, -0.15) is 0 Å². The van der Waals surface area contributed by atoms with Crippen molar-refractivity contribution in [2.45, 2.75) is 108 Å². The molecule has 3 heterocycles. The van der Waals surface area contributed by atoms with Crippen molar-refractivity contribution >= 4 is 11.8 Å². The summed E-state index contributed by atoms with van der Waals surface area (Å²) in [6.07, 6.45) is 5.25. The van der Waals surface area contributed by atoms with E-state index in [9.17, 15) is 9.59 Å². The predicted octanol–water partition coefficient (Wildman–Crippen LogP) is 1.71. The lowest BCUT2D eigenvalue weighted by molar-refractivity contribution is -0.175. The second kappa shape index (κ2) is 9.68. The highest BCUT2D eigenvalue weighted by Gasteiger charge is 2.64. The van der Waals surface area contributed by atoms with Crippen LogP contribution in [-0.2, 0) is 23.8 Å². The van der Waals surface area contributed by atoms with Gasteiger partial charge in [0.05, 0.1) is 30.3 Å². The third-order valence-corrected chi connectivity index (χ3v) is 9.45. The zero-order chi connectivity index (χ0) is 24.1. The lowest BCUT2D eigenvalue weighted by atomic mass is 9.64. The lowest BCUT2D eigenvalue weighted by Crippen LogP contribution is -2.70. The van der Waals surface area contributed by atoms with Gasteiger partial charge in [-0.25, -0.2) is 0 Å². The molecule has 2 amide bonds. The number of carbonyl (C=O) groups excluding carboxylic acids is 2. The Morgan fingerprint density at radius 1 is 1.03 bits per heavy atom. The zero-order valence-corrected chi connectivity index (χ0v) is 21.4. The highest BCUT2D eigenvalue weighted by Crippen LogP contribution is 2.54. The summed E-state index contributed by atoms with van der Waals surface area (Å²) in [5.74, 6) is 1.36. The molecule has 0 aromatic heterocycles. The molecule has 2 aliphatic carbocycles. The van der Waals surface area contributed by atoms with Gasteiger partial charge in [0.25, 0.3) is 0 Å². The summed E-state index contributed by atoms with van der Waals surface area (Å²) in [6.45, 7) is 6.79. The third-order valence-electron chi connectivity index (χ3n) is 9.45. The highest BCUT2D eigenvalue weighted by molar-refractivity contribution is 5.83. The van der Waals surface area contributed by atoms with Crippen molar-refractivity contribution in [3.05, 3.63) is 0 Å². The summed E-state index contributed by atoms with van der Waals surface area (Å²) < 4.78 is 17.9. The van der Waals surface area contributed by atoms with Crippen LogP contribution in [0.3, 0.4) is 0 Å². The molecule has 0 spiro atoms. The maximum atomic E-state index is 14.1. The number of ether oxygens (including phenoxy) is 3. The number of amides is 2. The van der Waals surface area contributed by atoms with Crippen molar-refractivity contribution in [2.75, 3.05) is 20.8 Å². The standard InChI is InChI=1S/C26H43N3O5/c1-13(2)28-25(30)14(3)34-15-6-8-19-18(12-15)16-10-11-27-22-17-7-9-20(32-4)24(33-5)21(17)26(31)29(19)23(16)22/h13-24,27H,6-12H2,1-5H3,(H,28,30)/t14-,15?,16?,17?,18?,19?,20?,21?,22?,23?,24?/m1/s1. The Kier molecular flexibility index (Phi) is 6.97. The van der Waals surface area contributed by atoms with Gasteiger partial charge in [-0.3, -0.25) is 9.59 Å². The van der Waals surface area contributed by atoms with Gasteiger partial charge in [0.1, 0.15) is 6.10 Å². The van der Waals surface area contributed by atoms with Crippen LogP contribution in [0, 0.1) is 23.7 Å². The van der Waals surface area contributed by atoms with Crippen molar-refractivity contribution < 1.29 is 23.8 Å². The first kappa shape index (κ1) is 24.5. The Labute approximate surface area is 203 Å². The fourth-order valence-electron chi connectivity index (χ4n) is 8.21. The molecular formula is C26H43N3O5. The number of piperidine rings is 2. The molecule has 3 saturated heterocycles. The van der Waals surface area contributed by atoms with E-state index in [-0.39, 0.29) is 54.2 Å². The van der Waals surface area contributed by atoms with E-state index in [0.29, 0.717) is 23.8 Å². The van der Waals surface area contributed by atoms with E-state index in [0.717, 1.165) is 45.1 Å². The van der Waals surface area contributed by atoms with Crippen LogP contribution in [-0.4, -0.2) is 86.1 Å². The SMILES string of the molecule is COC1CCC2C3NCCC4C5CC(O[C@H](C)C(=O)NC(C)C)CCC5N(C(=O)C2C1OC)C43. The van der Waals surface area contributed by atoms with Crippen LogP contribution >= 0.6 is 0 Å². The molecule has 192 valence electrons. The normalized spacial score (nSPS) is 44.3. The molecule has 8 nitrogen and oxygen atoms in total. The molecule has 0 bridgehead atoms. The Balaban J connectivity index is 1.35. The maximum Gasteiger partial charge on any atom is 0.249 e. The second-order valence-electron chi connectivity index (χ2n) is 11.5. The molecule has 5 fully saturated rings. The molecule has 10 unspecified atom stereocenters. The largest absolute Gasteiger partial charge is 0.379 e. The van der Waals surface area contributed by atoms with E-state index >= 15 is 0 Å². The van der Waals surface area contributed by atoms with Crippen LogP contribution in [0.25, 0.3) is 0 Å². The average molecular weight is 478 g/mol. The third kappa shape index (κ3) is 3.98. The fourth-order valence-corrected chi connectivity index (χ4v) is 8.21. The molecule has 2 N–H and O–H groups in total. The fraction of sp³-hybridized carbons (Fsp3) is 0.923. The van der Waals surface area contributed by atoms with Crippen LogP contribution in [0.2, 0.25) is 0 Å². The van der Waals surface area contributed by atoms with Crippen LogP contribution in [0.5, 0.6) is 0 Å².